The van der Waals surface area contributed by atoms with Crippen LogP contribution in [0.5, 0.6) is 0 Å². The number of carbonyl (C=O) groups is 2. The summed E-state index contributed by atoms with van der Waals surface area (Å²) in [6.07, 6.45) is 0.964. The average molecular weight is 301 g/mol. The lowest BCUT2D eigenvalue weighted by molar-refractivity contribution is -0.137. The van der Waals surface area contributed by atoms with E-state index < -0.39 is 22.0 Å². The summed E-state index contributed by atoms with van der Waals surface area (Å²) in [5.41, 5.74) is 0.173. The smallest absolute Gasteiger partial charge is 0.335 e. The zero-order valence-electron chi connectivity index (χ0n) is 10.8. The standard InChI is InChI=1S/C12H15NO6S/c1-20(18,19)13(7-3-6-11(14)15)10-5-2-4-9(8-10)12(16)17/h2,4-5,8H,3,6-7H2,1H3,(H,14,15)(H,16,17). The van der Waals surface area contributed by atoms with Gasteiger partial charge in [-0.2, -0.15) is 0 Å². The van der Waals surface area contributed by atoms with Crippen LogP contribution in [0.4, 0.5) is 5.69 Å². The van der Waals surface area contributed by atoms with Crippen molar-refractivity contribution in [3.05, 3.63) is 29.8 Å². The van der Waals surface area contributed by atoms with Gasteiger partial charge >= 0.3 is 11.9 Å². The van der Waals surface area contributed by atoms with Crippen molar-refractivity contribution < 1.29 is 28.2 Å². The number of rotatable bonds is 7. The second-order valence-corrected chi connectivity index (χ2v) is 6.09. The van der Waals surface area contributed by atoms with Gasteiger partial charge in [-0.15, -0.1) is 0 Å². The first-order valence-electron chi connectivity index (χ1n) is 5.74. The Morgan fingerprint density at radius 3 is 2.40 bits per heavy atom. The molecule has 0 spiro atoms. The summed E-state index contributed by atoms with van der Waals surface area (Å²) in [6, 6.07) is 5.50. The van der Waals surface area contributed by atoms with E-state index in [1.54, 1.807) is 0 Å². The third-order valence-corrected chi connectivity index (χ3v) is 3.73. The molecule has 0 bridgehead atoms. The van der Waals surface area contributed by atoms with E-state index in [0.29, 0.717) is 0 Å². The van der Waals surface area contributed by atoms with Crippen LogP contribution in [0.15, 0.2) is 24.3 Å². The largest absolute Gasteiger partial charge is 0.481 e. The Kier molecular flexibility index (Phi) is 5.09. The number of aliphatic carboxylic acids is 1. The number of sulfonamides is 1. The summed E-state index contributed by atoms with van der Waals surface area (Å²) in [5, 5.41) is 17.5. The summed E-state index contributed by atoms with van der Waals surface area (Å²) < 4.78 is 24.4. The molecule has 8 heteroatoms. The fourth-order valence-corrected chi connectivity index (χ4v) is 2.61. The monoisotopic (exact) mass is 301 g/mol. The molecular formula is C12H15NO6S. The minimum Gasteiger partial charge on any atom is -0.481 e. The van der Waals surface area contributed by atoms with Gasteiger partial charge in [-0.25, -0.2) is 13.2 Å². The van der Waals surface area contributed by atoms with Crippen LogP contribution < -0.4 is 4.31 Å². The predicted molar refractivity (Wildman–Crippen MR) is 72.5 cm³/mol. The van der Waals surface area contributed by atoms with Crippen LogP contribution in [0.25, 0.3) is 0 Å². The number of hydrogen-bond acceptors (Lipinski definition) is 4. The van der Waals surface area contributed by atoms with Crippen LogP contribution >= 0.6 is 0 Å². The quantitative estimate of drug-likeness (QED) is 0.777. The van der Waals surface area contributed by atoms with Gasteiger partial charge in [0.2, 0.25) is 10.0 Å². The summed E-state index contributed by atoms with van der Waals surface area (Å²) in [6.45, 7) is -0.0196. The van der Waals surface area contributed by atoms with Gasteiger partial charge in [0.05, 0.1) is 17.5 Å². The second-order valence-electron chi connectivity index (χ2n) is 4.19. The van der Waals surface area contributed by atoms with E-state index in [1.165, 1.54) is 24.3 Å². The van der Waals surface area contributed by atoms with E-state index in [4.69, 9.17) is 10.2 Å². The van der Waals surface area contributed by atoms with Crippen molar-refractivity contribution >= 4 is 27.6 Å². The van der Waals surface area contributed by atoms with Gasteiger partial charge < -0.3 is 10.2 Å². The number of aromatic carboxylic acids is 1. The zero-order valence-corrected chi connectivity index (χ0v) is 11.6. The van der Waals surface area contributed by atoms with Crippen molar-refractivity contribution in [2.75, 3.05) is 17.1 Å². The molecule has 0 saturated heterocycles. The molecule has 0 unspecified atom stereocenters. The highest BCUT2D eigenvalue weighted by atomic mass is 32.2. The van der Waals surface area contributed by atoms with Gasteiger partial charge in [-0.05, 0) is 24.6 Å². The summed E-state index contributed by atoms with van der Waals surface area (Å²) in [4.78, 5) is 21.3. The van der Waals surface area contributed by atoms with E-state index in [0.717, 1.165) is 10.6 Å². The Labute approximate surface area is 116 Å². The molecule has 0 aliphatic rings. The molecule has 0 aliphatic carbocycles. The lowest BCUT2D eigenvalue weighted by Crippen LogP contribution is -2.31. The maximum atomic E-state index is 11.7. The zero-order chi connectivity index (χ0) is 15.3. The minimum absolute atomic E-state index is 0.0196. The number of nitrogens with zero attached hydrogens (tertiary/aromatic N) is 1. The van der Waals surface area contributed by atoms with Crippen LogP contribution in [-0.4, -0.2) is 43.4 Å². The first kappa shape index (κ1) is 16.0. The number of hydrogen-bond donors (Lipinski definition) is 2. The van der Waals surface area contributed by atoms with E-state index >= 15 is 0 Å². The molecule has 20 heavy (non-hydrogen) atoms. The van der Waals surface area contributed by atoms with Gasteiger partial charge in [-0.3, -0.25) is 9.10 Å². The van der Waals surface area contributed by atoms with Gasteiger partial charge in [0.15, 0.2) is 0 Å². The van der Waals surface area contributed by atoms with E-state index in [2.05, 4.69) is 0 Å². The Morgan fingerprint density at radius 1 is 1.25 bits per heavy atom. The maximum absolute atomic E-state index is 11.7. The Bertz CT molecular complexity index is 610. The van der Waals surface area contributed by atoms with Gasteiger partial charge in [0.25, 0.3) is 0 Å². The molecule has 7 nitrogen and oxygen atoms in total. The fraction of sp³-hybridized carbons (Fsp3) is 0.333. The molecule has 1 aromatic rings. The summed E-state index contributed by atoms with van der Waals surface area (Å²) in [7, 11) is -3.61. The van der Waals surface area contributed by atoms with Crippen molar-refractivity contribution in [1.29, 1.82) is 0 Å². The predicted octanol–water partition coefficient (Wildman–Crippen LogP) is 1.02. The average Bonchev–Trinajstić information content (AvgIpc) is 2.33. The highest BCUT2D eigenvalue weighted by Gasteiger charge is 2.18. The normalized spacial score (nSPS) is 11.1. The maximum Gasteiger partial charge on any atom is 0.335 e. The topological polar surface area (TPSA) is 112 Å². The van der Waals surface area contributed by atoms with Crippen molar-refractivity contribution in [3.63, 3.8) is 0 Å². The first-order chi connectivity index (χ1) is 9.21. The second kappa shape index (κ2) is 6.38. The van der Waals surface area contributed by atoms with Crippen LogP contribution in [0.2, 0.25) is 0 Å². The number of carboxylic acids is 2. The molecule has 0 amide bonds. The van der Waals surface area contributed by atoms with Crippen LogP contribution in [0.3, 0.4) is 0 Å². The summed E-state index contributed by atoms with van der Waals surface area (Å²) >= 11 is 0. The van der Waals surface area contributed by atoms with Gasteiger partial charge in [0.1, 0.15) is 0 Å². The van der Waals surface area contributed by atoms with Crippen molar-refractivity contribution in [3.8, 4) is 0 Å². The number of anilines is 1. The molecule has 0 fully saturated rings. The number of carboxylic acid groups (broad SMARTS) is 2. The molecular weight excluding hydrogens is 286 g/mol. The Hall–Kier alpha value is -2.09. The van der Waals surface area contributed by atoms with E-state index in [-0.39, 0.29) is 30.6 Å². The molecule has 0 aromatic heterocycles. The molecule has 0 radical (unpaired) electrons. The van der Waals surface area contributed by atoms with Crippen LogP contribution in [0.1, 0.15) is 23.2 Å². The van der Waals surface area contributed by atoms with Crippen molar-refractivity contribution in [2.24, 2.45) is 0 Å². The lowest BCUT2D eigenvalue weighted by atomic mass is 10.2. The van der Waals surface area contributed by atoms with Gasteiger partial charge in [0, 0.05) is 13.0 Å². The molecule has 2 N–H and O–H groups in total. The molecule has 0 heterocycles. The highest BCUT2D eigenvalue weighted by Crippen LogP contribution is 2.20. The SMILES string of the molecule is CS(=O)(=O)N(CCCC(=O)O)c1cccc(C(=O)O)c1. The Morgan fingerprint density at radius 2 is 1.90 bits per heavy atom. The molecule has 1 aromatic carbocycles. The van der Waals surface area contributed by atoms with Crippen molar-refractivity contribution in [2.45, 2.75) is 12.8 Å². The third-order valence-electron chi connectivity index (χ3n) is 2.53. The molecule has 0 atom stereocenters. The van der Waals surface area contributed by atoms with E-state index in [9.17, 15) is 18.0 Å². The Balaban J connectivity index is 3.02. The summed E-state index contributed by atoms with van der Waals surface area (Å²) in [5.74, 6) is -2.18. The minimum atomic E-state index is -3.61. The third kappa shape index (κ3) is 4.54. The highest BCUT2D eigenvalue weighted by molar-refractivity contribution is 7.92. The first-order valence-corrected chi connectivity index (χ1v) is 7.59. The van der Waals surface area contributed by atoms with Gasteiger partial charge in [-0.1, -0.05) is 6.07 Å². The fourth-order valence-electron chi connectivity index (χ4n) is 1.65. The van der Waals surface area contributed by atoms with Crippen molar-refractivity contribution in [1.82, 2.24) is 0 Å². The van der Waals surface area contributed by atoms with Crippen LogP contribution in [0, 0.1) is 0 Å². The molecule has 1 rings (SSSR count). The molecule has 0 aliphatic heterocycles. The lowest BCUT2D eigenvalue weighted by Gasteiger charge is -2.22. The van der Waals surface area contributed by atoms with Crippen LogP contribution in [-0.2, 0) is 14.8 Å². The molecule has 0 saturated carbocycles. The number of benzene rings is 1. The molecule has 110 valence electrons. The van der Waals surface area contributed by atoms with E-state index in [1.807, 2.05) is 0 Å².